The maximum Gasteiger partial charge on any atom is 0.416 e. The Hall–Kier alpha value is -3.14. The molecule has 0 unspecified atom stereocenters. The fourth-order valence-electron chi connectivity index (χ4n) is 3.89. The lowest BCUT2D eigenvalue weighted by molar-refractivity contribution is -0.137. The Kier molecular flexibility index (Phi) is 6.77. The molecule has 35 heavy (non-hydrogen) atoms. The number of rotatable bonds is 4. The van der Waals surface area contributed by atoms with Gasteiger partial charge in [0.15, 0.2) is 5.82 Å². The van der Waals surface area contributed by atoms with Crippen LogP contribution in [0.4, 0.5) is 18.3 Å². The smallest absolute Gasteiger partial charge is 0.375 e. The molecule has 0 fully saturated rings. The fraction of sp³-hybridized carbons (Fsp3) is 0.400. The van der Waals surface area contributed by atoms with Crippen LogP contribution in [0.15, 0.2) is 65.3 Å². The molecule has 0 aliphatic carbocycles. The van der Waals surface area contributed by atoms with E-state index in [0.29, 0.717) is 41.0 Å². The molecule has 4 rings (SSSR count). The molecule has 186 valence electrons. The Balaban J connectivity index is 1.69. The summed E-state index contributed by atoms with van der Waals surface area (Å²) >= 11 is 1.47. The van der Waals surface area contributed by atoms with Crippen LogP contribution in [0.1, 0.15) is 49.7 Å². The SMILES string of the molecule is C=C(Nc1nnc(C(C)(C)C)s1)N1CCCN(C)C2=C1N=C(c1cccc(C(F)(F)F)c1)C=CC2. The topological polar surface area (TPSA) is 56.7 Å². The highest BCUT2D eigenvalue weighted by molar-refractivity contribution is 7.15. The molecule has 0 saturated heterocycles. The van der Waals surface area contributed by atoms with Gasteiger partial charge in [-0.1, -0.05) is 56.9 Å². The molecule has 1 N–H and O–H groups in total. The van der Waals surface area contributed by atoms with Crippen molar-refractivity contribution in [3.8, 4) is 0 Å². The van der Waals surface area contributed by atoms with Crippen molar-refractivity contribution in [2.75, 3.05) is 25.5 Å². The number of alkyl halides is 3. The van der Waals surface area contributed by atoms with E-state index in [4.69, 9.17) is 4.99 Å². The predicted octanol–water partition coefficient (Wildman–Crippen LogP) is 5.99. The lowest BCUT2D eigenvalue weighted by Crippen LogP contribution is -2.27. The molecule has 0 radical (unpaired) electrons. The molecule has 0 atom stereocenters. The van der Waals surface area contributed by atoms with Crippen molar-refractivity contribution in [3.05, 3.63) is 76.5 Å². The minimum absolute atomic E-state index is 0.114. The molecule has 10 heteroatoms. The molecule has 2 aliphatic rings. The molecule has 6 nitrogen and oxygen atoms in total. The Bertz CT molecular complexity index is 1200. The van der Waals surface area contributed by atoms with Gasteiger partial charge in [0.05, 0.1) is 17.0 Å². The summed E-state index contributed by atoms with van der Waals surface area (Å²) in [5.41, 5.74) is 1.05. The van der Waals surface area contributed by atoms with Crippen LogP contribution in [-0.2, 0) is 11.6 Å². The van der Waals surface area contributed by atoms with Crippen LogP contribution in [0.2, 0.25) is 0 Å². The Morgan fingerprint density at radius 3 is 2.60 bits per heavy atom. The maximum absolute atomic E-state index is 13.3. The number of nitrogens with zero attached hydrogens (tertiary/aromatic N) is 5. The summed E-state index contributed by atoms with van der Waals surface area (Å²) in [6.07, 6.45) is 0.779. The highest BCUT2D eigenvalue weighted by Crippen LogP contribution is 2.33. The number of nitrogens with one attached hydrogen (secondary N) is 1. The van der Waals surface area contributed by atoms with E-state index in [-0.39, 0.29) is 5.41 Å². The summed E-state index contributed by atoms with van der Waals surface area (Å²) in [5, 5.41) is 13.4. The van der Waals surface area contributed by atoms with Crippen molar-refractivity contribution in [3.63, 3.8) is 0 Å². The van der Waals surface area contributed by atoms with Crippen LogP contribution in [0.3, 0.4) is 0 Å². The van der Waals surface area contributed by atoms with E-state index in [2.05, 4.69) is 47.8 Å². The molecule has 1 aromatic heterocycles. The molecule has 1 aromatic carbocycles. The van der Waals surface area contributed by atoms with Gasteiger partial charge in [0.1, 0.15) is 10.8 Å². The first-order valence-corrected chi connectivity index (χ1v) is 12.2. The van der Waals surface area contributed by atoms with Crippen LogP contribution in [-0.4, -0.2) is 45.8 Å². The van der Waals surface area contributed by atoms with Crippen LogP contribution < -0.4 is 5.32 Å². The number of allylic oxidation sites excluding steroid dienone is 2. The minimum Gasteiger partial charge on any atom is -0.375 e. The fourth-order valence-corrected chi connectivity index (χ4v) is 4.71. The first-order valence-electron chi connectivity index (χ1n) is 11.4. The van der Waals surface area contributed by atoms with E-state index >= 15 is 0 Å². The normalized spacial score (nSPS) is 17.1. The standard InChI is InChI=1S/C25H29F3N6S/c1-16(29-23-32-31-22(35-23)24(2,3)4)34-14-8-13-33(5)20-12-7-11-19(30-21(20)34)17-9-6-10-18(15-17)25(26,27)28/h6-7,9-11,15H,1,8,12-14H2,2-5H3,(H,29,32). The second-order valence-electron chi connectivity index (χ2n) is 9.61. The number of aliphatic imine (C=N–C) groups is 1. The summed E-state index contributed by atoms with van der Waals surface area (Å²) < 4.78 is 40.0. The molecule has 3 heterocycles. The molecule has 0 bridgehead atoms. The number of halogens is 3. The van der Waals surface area contributed by atoms with E-state index in [9.17, 15) is 13.2 Å². The molecule has 0 amide bonds. The maximum atomic E-state index is 13.3. The van der Waals surface area contributed by atoms with Crippen molar-refractivity contribution in [2.45, 2.75) is 45.2 Å². The minimum atomic E-state index is -4.42. The van der Waals surface area contributed by atoms with E-state index in [1.165, 1.54) is 17.4 Å². The average Bonchev–Trinajstić information content (AvgIpc) is 3.07. The van der Waals surface area contributed by atoms with Gasteiger partial charge in [0.2, 0.25) is 5.13 Å². The Morgan fingerprint density at radius 1 is 1.14 bits per heavy atom. The van der Waals surface area contributed by atoms with Gasteiger partial charge in [-0.3, -0.25) is 0 Å². The lowest BCUT2D eigenvalue weighted by atomic mass is 9.98. The first kappa shape index (κ1) is 25.0. The molecule has 0 saturated carbocycles. The van der Waals surface area contributed by atoms with Gasteiger partial charge < -0.3 is 15.1 Å². The largest absolute Gasteiger partial charge is 0.416 e. The van der Waals surface area contributed by atoms with Crippen molar-refractivity contribution in [1.82, 2.24) is 20.0 Å². The number of benzene rings is 1. The van der Waals surface area contributed by atoms with Crippen molar-refractivity contribution < 1.29 is 13.2 Å². The van der Waals surface area contributed by atoms with Gasteiger partial charge in [-0.15, -0.1) is 10.2 Å². The third-order valence-corrected chi connectivity index (χ3v) is 7.06. The Morgan fingerprint density at radius 2 is 1.91 bits per heavy atom. The third kappa shape index (κ3) is 5.58. The average molecular weight is 503 g/mol. The molecule has 2 aliphatic heterocycles. The van der Waals surface area contributed by atoms with Crippen molar-refractivity contribution in [1.29, 1.82) is 0 Å². The second kappa shape index (κ2) is 9.49. The number of aromatic nitrogens is 2. The zero-order valence-electron chi connectivity index (χ0n) is 20.3. The van der Waals surface area contributed by atoms with Crippen LogP contribution in [0.5, 0.6) is 0 Å². The third-order valence-electron chi connectivity index (χ3n) is 5.79. The summed E-state index contributed by atoms with van der Waals surface area (Å²) in [5.74, 6) is 1.26. The van der Waals surface area contributed by atoms with Crippen LogP contribution >= 0.6 is 11.3 Å². The zero-order valence-corrected chi connectivity index (χ0v) is 21.1. The van der Waals surface area contributed by atoms with Gasteiger partial charge in [-0.05, 0) is 24.6 Å². The van der Waals surface area contributed by atoms with Gasteiger partial charge in [0, 0.05) is 37.5 Å². The van der Waals surface area contributed by atoms with E-state index in [1.54, 1.807) is 12.1 Å². The first-order chi connectivity index (χ1) is 16.4. The summed E-state index contributed by atoms with van der Waals surface area (Å²) in [4.78, 5) is 9.01. The van der Waals surface area contributed by atoms with E-state index in [1.807, 2.05) is 18.0 Å². The monoisotopic (exact) mass is 502 g/mol. The molecule has 2 aromatic rings. The Labute approximate surface area is 207 Å². The van der Waals surface area contributed by atoms with Crippen LogP contribution in [0.25, 0.3) is 0 Å². The quantitative estimate of drug-likeness (QED) is 0.556. The molecule has 0 spiro atoms. The highest BCUT2D eigenvalue weighted by atomic mass is 32.1. The molecular formula is C25H29F3N6S. The second-order valence-corrected chi connectivity index (χ2v) is 10.6. The van der Waals surface area contributed by atoms with Gasteiger partial charge in [0.25, 0.3) is 0 Å². The summed E-state index contributed by atoms with van der Waals surface area (Å²) in [6.45, 7) is 12.0. The number of hydrogen-bond donors (Lipinski definition) is 1. The predicted molar refractivity (Wildman–Crippen MR) is 134 cm³/mol. The number of anilines is 1. The van der Waals surface area contributed by atoms with Crippen molar-refractivity contribution >= 4 is 22.2 Å². The molecular weight excluding hydrogens is 473 g/mol. The van der Waals surface area contributed by atoms with Gasteiger partial charge in [-0.25, -0.2) is 4.99 Å². The summed E-state index contributed by atoms with van der Waals surface area (Å²) in [7, 11) is 2.01. The number of hydrogen-bond acceptors (Lipinski definition) is 7. The van der Waals surface area contributed by atoms with Crippen molar-refractivity contribution in [2.24, 2.45) is 4.99 Å². The van der Waals surface area contributed by atoms with E-state index in [0.717, 1.165) is 35.8 Å². The highest BCUT2D eigenvalue weighted by Gasteiger charge is 2.31. The van der Waals surface area contributed by atoms with Crippen LogP contribution in [0, 0.1) is 0 Å². The van der Waals surface area contributed by atoms with Gasteiger partial charge in [-0.2, -0.15) is 13.2 Å². The summed E-state index contributed by atoms with van der Waals surface area (Å²) in [6, 6.07) is 5.27. The zero-order chi connectivity index (χ0) is 25.4. The lowest BCUT2D eigenvalue weighted by Gasteiger charge is -2.27. The van der Waals surface area contributed by atoms with E-state index < -0.39 is 11.7 Å². The van der Waals surface area contributed by atoms with Gasteiger partial charge >= 0.3 is 6.18 Å².